The molecule has 0 aromatic heterocycles. The molecule has 0 rings (SSSR count). The van der Waals surface area contributed by atoms with Crippen LogP contribution in [-0.2, 0) is 29.8 Å². The van der Waals surface area contributed by atoms with Crippen LogP contribution in [0.3, 0.4) is 0 Å². The fourth-order valence-corrected chi connectivity index (χ4v) is 9.54. The second-order valence-electron chi connectivity index (χ2n) is 19.8. The van der Waals surface area contributed by atoms with Gasteiger partial charge in [-0.05, 0) is 12.8 Å². The molecular formula is C54H108CaN2O8S2. The summed E-state index contributed by atoms with van der Waals surface area (Å²) in [5.74, 6) is -1.16. The summed E-state index contributed by atoms with van der Waals surface area (Å²) < 4.78 is 63.7. The van der Waals surface area contributed by atoms with Crippen molar-refractivity contribution in [1.29, 1.82) is 0 Å². The van der Waals surface area contributed by atoms with Crippen molar-refractivity contribution in [2.45, 2.75) is 296 Å². The van der Waals surface area contributed by atoms with Crippen LogP contribution in [0.15, 0.2) is 0 Å². The maximum atomic E-state index is 11.9. The second-order valence-corrected chi connectivity index (χ2v) is 22.8. The maximum Gasteiger partial charge on any atom is 2.00 e. The summed E-state index contributed by atoms with van der Waals surface area (Å²) in [6.45, 7) is 4.54. The fourth-order valence-electron chi connectivity index (χ4n) is 8.55. The monoisotopic (exact) mass is 1020 g/mol. The van der Waals surface area contributed by atoms with Gasteiger partial charge in [0, 0.05) is 40.0 Å². The molecule has 2 amide bonds. The summed E-state index contributed by atoms with van der Waals surface area (Å²) >= 11 is 0. The number of nitrogens with zero attached hydrogens (tertiary/aromatic N) is 2. The smallest absolute Gasteiger partial charge is 0.748 e. The summed E-state index contributed by atoms with van der Waals surface area (Å²) in [5.41, 5.74) is 0. The average molecular weight is 1020 g/mol. The van der Waals surface area contributed by atoms with Crippen LogP contribution >= 0.6 is 0 Å². The molecule has 0 aliphatic rings. The molecule has 0 saturated heterocycles. The van der Waals surface area contributed by atoms with Crippen LogP contribution in [0.5, 0.6) is 0 Å². The molecule has 67 heavy (non-hydrogen) atoms. The van der Waals surface area contributed by atoms with Gasteiger partial charge in [0.05, 0.1) is 31.7 Å². The minimum atomic E-state index is -4.25. The molecule has 0 bridgehead atoms. The Kier molecular flexibility index (Phi) is 57.2. The average Bonchev–Trinajstić information content (AvgIpc) is 3.27. The molecule has 0 radical (unpaired) electrons. The van der Waals surface area contributed by atoms with Crippen LogP contribution in [0.25, 0.3) is 0 Å². The van der Waals surface area contributed by atoms with E-state index in [4.69, 9.17) is 0 Å². The first kappa shape index (κ1) is 71.3. The van der Waals surface area contributed by atoms with Gasteiger partial charge in [-0.2, -0.15) is 0 Å². The van der Waals surface area contributed by atoms with Crippen molar-refractivity contribution in [2.24, 2.45) is 0 Å². The first-order chi connectivity index (χ1) is 31.7. The molecule has 0 N–H and O–H groups in total. The van der Waals surface area contributed by atoms with Crippen LogP contribution in [-0.4, -0.2) is 124 Å². The quantitative estimate of drug-likeness (QED) is 0.0331. The van der Waals surface area contributed by atoms with Gasteiger partial charge in [0.15, 0.2) is 0 Å². The maximum absolute atomic E-state index is 11.9. The van der Waals surface area contributed by atoms with Crippen molar-refractivity contribution in [3.05, 3.63) is 0 Å². The number of carbonyl (C=O) groups excluding carboxylic acids is 2. The molecular weight excluding hydrogens is 909 g/mol. The Morgan fingerprint density at radius 1 is 0.313 bits per heavy atom. The first-order valence-electron chi connectivity index (χ1n) is 28.1. The Bertz CT molecular complexity index is 1180. The van der Waals surface area contributed by atoms with E-state index < -0.39 is 31.7 Å². The predicted octanol–water partition coefficient (Wildman–Crippen LogP) is 14.8. The SMILES string of the molecule is CCCCCCCCCCCCCCCCCCCCCCCC(=O)N(C)CCS(=O)(=O)[O-].CCCCCCCCCCCCCCCCCCCCCCCC(=O)N(C)CCS(=O)(=O)[O-].[Ca+2]. The Morgan fingerprint density at radius 2 is 0.463 bits per heavy atom. The molecule has 13 heteroatoms. The number of carbonyl (C=O) groups is 2. The number of hydrogen-bond acceptors (Lipinski definition) is 8. The number of rotatable bonds is 50. The van der Waals surface area contributed by atoms with E-state index in [0.717, 1.165) is 38.5 Å². The summed E-state index contributed by atoms with van der Waals surface area (Å²) in [6, 6.07) is 0. The van der Waals surface area contributed by atoms with E-state index >= 15 is 0 Å². The van der Waals surface area contributed by atoms with Crippen LogP contribution in [0.4, 0.5) is 0 Å². The van der Waals surface area contributed by atoms with Gasteiger partial charge in [0.2, 0.25) is 11.8 Å². The Labute approximate surface area is 446 Å². The van der Waals surface area contributed by atoms with E-state index in [0.29, 0.717) is 12.8 Å². The fraction of sp³-hybridized carbons (Fsp3) is 0.963. The minimum absolute atomic E-state index is 0. The molecule has 0 atom stereocenters. The van der Waals surface area contributed by atoms with Crippen molar-refractivity contribution >= 4 is 69.8 Å². The van der Waals surface area contributed by atoms with Crippen molar-refractivity contribution in [1.82, 2.24) is 9.80 Å². The minimum Gasteiger partial charge on any atom is -0.748 e. The van der Waals surface area contributed by atoms with Gasteiger partial charge >= 0.3 is 37.7 Å². The number of unbranched alkanes of at least 4 members (excludes halogenated alkanes) is 40. The summed E-state index contributed by atoms with van der Waals surface area (Å²) in [5, 5.41) is 0. The normalized spacial score (nSPS) is 11.6. The molecule has 10 nitrogen and oxygen atoms in total. The largest absolute Gasteiger partial charge is 2.00 e. The zero-order valence-corrected chi connectivity index (χ0v) is 48.5. The van der Waals surface area contributed by atoms with Crippen LogP contribution in [0.2, 0.25) is 0 Å². The number of hydrogen-bond donors (Lipinski definition) is 0. The third-order valence-corrected chi connectivity index (χ3v) is 14.6. The molecule has 0 aliphatic heterocycles. The number of amides is 2. The van der Waals surface area contributed by atoms with Gasteiger partial charge in [-0.3, -0.25) is 9.59 Å². The summed E-state index contributed by atoms with van der Waals surface area (Å²) in [4.78, 5) is 26.5. The van der Waals surface area contributed by atoms with Crippen LogP contribution in [0.1, 0.15) is 296 Å². The van der Waals surface area contributed by atoms with Crippen molar-refractivity contribution in [3.8, 4) is 0 Å². The van der Waals surface area contributed by atoms with E-state index in [9.17, 15) is 35.5 Å². The Morgan fingerprint density at radius 3 is 0.612 bits per heavy atom. The Hall–Kier alpha value is 0.0197. The third-order valence-electron chi connectivity index (χ3n) is 13.2. The first-order valence-corrected chi connectivity index (χ1v) is 31.2. The third kappa shape index (κ3) is 62.1. The van der Waals surface area contributed by atoms with Gasteiger partial charge in [-0.25, -0.2) is 16.8 Å². The molecule has 0 aliphatic carbocycles. The molecule has 0 aromatic rings. The van der Waals surface area contributed by atoms with Gasteiger partial charge in [-0.15, -0.1) is 0 Å². The zero-order chi connectivity index (χ0) is 49.3. The van der Waals surface area contributed by atoms with Crippen LogP contribution in [0, 0.1) is 0 Å². The zero-order valence-electron chi connectivity index (χ0n) is 44.6. The second kappa shape index (κ2) is 53.8. The van der Waals surface area contributed by atoms with E-state index in [2.05, 4.69) is 13.8 Å². The predicted molar refractivity (Wildman–Crippen MR) is 285 cm³/mol. The molecule has 0 spiro atoms. The standard InChI is InChI=1S/2C27H55NO4S.Ca/c2*1-3-4-5-6-7-8-9-10-11-12-13-14-15-16-17-18-19-20-21-22-23-24-27(29)28(2)25-26-33(30,31)32;/h2*3-26H2,1-2H3,(H,30,31,32);/q;;+2/p-2. The van der Waals surface area contributed by atoms with Crippen molar-refractivity contribution in [3.63, 3.8) is 0 Å². The van der Waals surface area contributed by atoms with E-state index in [1.807, 2.05) is 0 Å². The van der Waals surface area contributed by atoms with Crippen LogP contribution < -0.4 is 0 Å². The van der Waals surface area contributed by atoms with E-state index in [1.165, 1.54) is 241 Å². The summed E-state index contributed by atoms with van der Waals surface area (Å²) in [7, 11) is -5.38. The van der Waals surface area contributed by atoms with Gasteiger partial charge in [0.1, 0.15) is 0 Å². The summed E-state index contributed by atoms with van der Waals surface area (Å²) in [6.07, 6.45) is 57.0. The molecule has 0 aromatic carbocycles. The van der Waals surface area contributed by atoms with Crippen molar-refractivity contribution in [2.75, 3.05) is 38.7 Å². The molecule has 0 saturated carbocycles. The van der Waals surface area contributed by atoms with E-state index in [-0.39, 0.29) is 62.6 Å². The molecule has 396 valence electrons. The molecule has 0 fully saturated rings. The van der Waals surface area contributed by atoms with E-state index in [1.54, 1.807) is 14.1 Å². The van der Waals surface area contributed by atoms with Crippen molar-refractivity contribution < 1.29 is 35.5 Å². The topological polar surface area (TPSA) is 155 Å². The molecule has 0 heterocycles. The van der Waals surface area contributed by atoms with Gasteiger partial charge in [-0.1, -0.05) is 271 Å². The van der Waals surface area contributed by atoms with Gasteiger partial charge in [0.25, 0.3) is 0 Å². The Balaban J connectivity index is -0.00000120. The van der Waals surface area contributed by atoms with Gasteiger partial charge < -0.3 is 18.9 Å². The molecule has 0 unspecified atom stereocenters.